The molecule has 0 aromatic heterocycles. The normalized spacial score (nSPS) is 12.2. The Labute approximate surface area is 104 Å². The highest BCUT2D eigenvalue weighted by atomic mass is 32.2. The number of anilines is 1. The van der Waals surface area contributed by atoms with Gasteiger partial charge in [0, 0.05) is 23.9 Å². The Hall–Kier alpha value is -1.30. The Balaban J connectivity index is 2.68. The summed E-state index contributed by atoms with van der Waals surface area (Å²) in [5.74, 6) is -0.476. The summed E-state index contributed by atoms with van der Waals surface area (Å²) in [7, 11) is 0. The van der Waals surface area contributed by atoms with E-state index in [1.165, 1.54) is 6.07 Å². The van der Waals surface area contributed by atoms with Crippen molar-refractivity contribution in [1.82, 2.24) is 0 Å². The molecule has 1 aromatic rings. The molecule has 0 saturated carbocycles. The first-order valence-electron chi connectivity index (χ1n) is 5.25. The van der Waals surface area contributed by atoms with Crippen LogP contribution in [-0.2, 0) is 0 Å². The largest absolute Gasteiger partial charge is 0.379 e. The van der Waals surface area contributed by atoms with Gasteiger partial charge in [0.15, 0.2) is 0 Å². The van der Waals surface area contributed by atoms with E-state index < -0.39 is 10.7 Å². The molecule has 94 valence electrons. The number of nitrogens with zero attached hydrogens (tertiary/aromatic N) is 1. The third-order valence-electron chi connectivity index (χ3n) is 2.42. The first kappa shape index (κ1) is 13.8. The van der Waals surface area contributed by atoms with E-state index in [1.807, 2.05) is 6.26 Å². The lowest BCUT2D eigenvalue weighted by atomic mass is 10.2. The maximum Gasteiger partial charge on any atom is 0.292 e. The summed E-state index contributed by atoms with van der Waals surface area (Å²) in [5.41, 5.74) is 0.145. The Morgan fingerprint density at radius 2 is 2.29 bits per heavy atom. The summed E-state index contributed by atoms with van der Waals surface area (Å²) in [6.45, 7) is 2.67. The van der Waals surface area contributed by atoms with E-state index >= 15 is 0 Å². The predicted molar refractivity (Wildman–Crippen MR) is 69.1 cm³/mol. The van der Waals surface area contributed by atoms with Gasteiger partial charge < -0.3 is 5.32 Å². The van der Waals surface area contributed by atoms with Gasteiger partial charge in [-0.25, -0.2) is 4.39 Å². The van der Waals surface area contributed by atoms with Crippen molar-refractivity contribution in [2.75, 3.05) is 18.1 Å². The molecule has 6 heteroatoms. The minimum atomic E-state index is -0.514. The van der Waals surface area contributed by atoms with E-state index in [4.69, 9.17) is 0 Å². The van der Waals surface area contributed by atoms with Crippen LogP contribution < -0.4 is 5.32 Å². The van der Waals surface area contributed by atoms with Crippen molar-refractivity contribution in [3.8, 4) is 0 Å². The molecule has 0 saturated heterocycles. The SMILES string of the molecule is CSC(C)CCNc1cc(F)ccc1[N+](=O)[O-]. The molecular formula is C11H15FN2O2S. The van der Waals surface area contributed by atoms with E-state index in [2.05, 4.69) is 12.2 Å². The zero-order valence-corrected chi connectivity index (χ0v) is 10.6. The number of thioether (sulfide) groups is 1. The van der Waals surface area contributed by atoms with Crippen molar-refractivity contribution in [3.05, 3.63) is 34.1 Å². The minimum absolute atomic E-state index is 0.0943. The lowest BCUT2D eigenvalue weighted by Crippen LogP contribution is -2.09. The van der Waals surface area contributed by atoms with Crippen molar-refractivity contribution in [2.24, 2.45) is 0 Å². The van der Waals surface area contributed by atoms with Gasteiger partial charge >= 0.3 is 0 Å². The second-order valence-corrected chi connectivity index (χ2v) is 4.96. The molecule has 0 bridgehead atoms. The van der Waals surface area contributed by atoms with E-state index in [-0.39, 0.29) is 11.4 Å². The third kappa shape index (κ3) is 4.22. The van der Waals surface area contributed by atoms with Crippen molar-refractivity contribution in [1.29, 1.82) is 0 Å². The van der Waals surface area contributed by atoms with Crippen LogP contribution in [0.5, 0.6) is 0 Å². The maximum atomic E-state index is 13.0. The van der Waals surface area contributed by atoms with Crippen LogP contribution in [0.4, 0.5) is 15.8 Å². The fraction of sp³-hybridized carbons (Fsp3) is 0.455. The predicted octanol–water partition coefficient (Wildman–Crippen LogP) is 3.29. The van der Waals surface area contributed by atoms with Gasteiger partial charge in [-0.3, -0.25) is 10.1 Å². The summed E-state index contributed by atoms with van der Waals surface area (Å²) >= 11 is 1.73. The quantitative estimate of drug-likeness (QED) is 0.628. The lowest BCUT2D eigenvalue weighted by molar-refractivity contribution is -0.384. The first-order valence-corrected chi connectivity index (χ1v) is 6.54. The zero-order valence-electron chi connectivity index (χ0n) is 9.77. The van der Waals surface area contributed by atoms with E-state index in [1.54, 1.807) is 11.8 Å². The van der Waals surface area contributed by atoms with Gasteiger partial charge in [-0.05, 0) is 18.7 Å². The molecule has 0 radical (unpaired) electrons. The van der Waals surface area contributed by atoms with Crippen molar-refractivity contribution in [3.63, 3.8) is 0 Å². The molecular weight excluding hydrogens is 243 g/mol. The first-order chi connectivity index (χ1) is 8.04. The molecule has 4 nitrogen and oxygen atoms in total. The molecule has 17 heavy (non-hydrogen) atoms. The Morgan fingerprint density at radius 1 is 1.59 bits per heavy atom. The summed E-state index contributed by atoms with van der Waals surface area (Å²) in [4.78, 5) is 10.2. The molecule has 1 N–H and O–H groups in total. The van der Waals surface area contributed by atoms with Gasteiger partial charge in [0.1, 0.15) is 11.5 Å². The second kappa shape index (κ2) is 6.44. The highest BCUT2D eigenvalue weighted by Crippen LogP contribution is 2.25. The van der Waals surface area contributed by atoms with Gasteiger partial charge in [-0.15, -0.1) is 0 Å². The molecule has 1 atom stereocenters. The number of hydrogen-bond donors (Lipinski definition) is 1. The average molecular weight is 258 g/mol. The maximum absolute atomic E-state index is 13.0. The number of hydrogen-bond acceptors (Lipinski definition) is 4. The van der Waals surface area contributed by atoms with Gasteiger partial charge in [-0.2, -0.15) is 11.8 Å². The number of halogens is 1. The molecule has 1 rings (SSSR count). The number of benzene rings is 1. The van der Waals surface area contributed by atoms with Crippen molar-refractivity contribution in [2.45, 2.75) is 18.6 Å². The smallest absolute Gasteiger partial charge is 0.292 e. The standard InChI is InChI=1S/C11H15FN2O2S/c1-8(17-2)5-6-13-10-7-9(12)3-4-11(10)14(15)16/h3-4,7-8,13H,5-6H2,1-2H3. The number of rotatable bonds is 6. The van der Waals surface area contributed by atoms with Crippen LogP contribution in [0.25, 0.3) is 0 Å². The average Bonchev–Trinajstić information content (AvgIpc) is 2.28. The summed E-state index contributed by atoms with van der Waals surface area (Å²) in [5, 5.41) is 14.1. The molecule has 0 aliphatic heterocycles. The summed E-state index contributed by atoms with van der Waals surface area (Å²) in [6, 6.07) is 3.42. The van der Waals surface area contributed by atoms with Crippen molar-refractivity contribution >= 4 is 23.1 Å². The monoisotopic (exact) mass is 258 g/mol. The number of nitro benzene ring substituents is 1. The topological polar surface area (TPSA) is 55.2 Å². The number of nitrogens with one attached hydrogen (secondary N) is 1. The molecule has 1 unspecified atom stereocenters. The lowest BCUT2D eigenvalue weighted by Gasteiger charge is -2.10. The molecule has 1 aromatic carbocycles. The highest BCUT2D eigenvalue weighted by Gasteiger charge is 2.14. The van der Waals surface area contributed by atoms with Gasteiger partial charge in [0.25, 0.3) is 5.69 Å². The van der Waals surface area contributed by atoms with Crippen LogP contribution in [0.3, 0.4) is 0 Å². The molecule has 0 amide bonds. The third-order valence-corrected chi connectivity index (χ3v) is 3.46. The second-order valence-electron chi connectivity index (χ2n) is 3.68. The minimum Gasteiger partial charge on any atom is -0.379 e. The van der Waals surface area contributed by atoms with Crippen LogP contribution in [-0.4, -0.2) is 23.0 Å². The molecule has 0 aliphatic rings. The fourth-order valence-electron chi connectivity index (χ4n) is 1.34. The van der Waals surface area contributed by atoms with E-state index in [0.717, 1.165) is 18.6 Å². The van der Waals surface area contributed by atoms with Crippen LogP contribution in [0.1, 0.15) is 13.3 Å². The molecule has 0 spiro atoms. The van der Waals surface area contributed by atoms with Gasteiger partial charge in [-0.1, -0.05) is 6.92 Å². The molecule has 0 fully saturated rings. The van der Waals surface area contributed by atoms with Crippen LogP contribution in [0, 0.1) is 15.9 Å². The molecule has 0 aliphatic carbocycles. The van der Waals surface area contributed by atoms with Gasteiger partial charge in [0.05, 0.1) is 4.92 Å². The van der Waals surface area contributed by atoms with Crippen LogP contribution in [0.2, 0.25) is 0 Å². The Bertz CT molecular complexity index is 401. The highest BCUT2D eigenvalue weighted by molar-refractivity contribution is 7.99. The zero-order chi connectivity index (χ0) is 12.8. The fourth-order valence-corrected chi connectivity index (χ4v) is 1.69. The Kier molecular flexibility index (Phi) is 5.21. The van der Waals surface area contributed by atoms with Gasteiger partial charge in [0.2, 0.25) is 0 Å². The van der Waals surface area contributed by atoms with Crippen LogP contribution in [0.15, 0.2) is 18.2 Å². The van der Waals surface area contributed by atoms with Crippen molar-refractivity contribution < 1.29 is 9.31 Å². The van der Waals surface area contributed by atoms with E-state index in [9.17, 15) is 14.5 Å². The van der Waals surface area contributed by atoms with Crippen LogP contribution >= 0.6 is 11.8 Å². The Morgan fingerprint density at radius 3 is 2.88 bits per heavy atom. The summed E-state index contributed by atoms with van der Waals surface area (Å²) in [6.07, 6.45) is 2.88. The molecule has 0 heterocycles. The summed E-state index contributed by atoms with van der Waals surface area (Å²) < 4.78 is 13.0. The number of nitro groups is 1. The van der Waals surface area contributed by atoms with E-state index in [0.29, 0.717) is 11.8 Å².